The number of carbonyl (C=O) groups is 2. The summed E-state index contributed by atoms with van der Waals surface area (Å²) >= 11 is 0. The van der Waals surface area contributed by atoms with Gasteiger partial charge >= 0.3 is 5.97 Å². The Balaban J connectivity index is 1.82. The monoisotopic (exact) mass is 417 g/mol. The molecule has 31 heavy (non-hydrogen) atoms. The number of aryl methyl sites for hydroxylation is 1. The number of anilines is 1. The number of para-hydroxylation sites is 1. The van der Waals surface area contributed by atoms with Gasteiger partial charge in [-0.3, -0.25) is 9.59 Å². The summed E-state index contributed by atoms with van der Waals surface area (Å²) in [6.07, 6.45) is 2.14. The first-order valence-corrected chi connectivity index (χ1v) is 10.6. The van der Waals surface area contributed by atoms with E-state index in [9.17, 15) is 9.59 Å². The van der Waals surface area contributed by atoms with Gasteiger partial charge in [0.15, 0.2) is 0 Å². The number of ether oxygens (including phenoxy) is 1. The van der Waals surface area contributed by atoms with Crippen LogP contribution in [0, 0.1) is 12.8 Å². The molecular formula is C25H27N3O3. The zero-order valence-corrected chi connectivity index (χ0v) is 18.3. The number of amides is 1. The van der Waals surface area contributed by atoms with Gasteiger partial charge in [-0.05, 0) is 49.1 Å². The van der Waals surface area contributed by atoms with Gasteiger partial charge in [0.1, 0.15) is 0 Å². The van der Waals surface area contributed by atoms with E-state index in [0.717, 1.165) is 46.6 Å². The van der Waals surface area contributed by atoms with Gasteiger partial charge in [-0.25, -0.2) is 0 Å². The third-order valence-electron chi connectivity index (χ3n) is 5.38. The van der Waals surface area contributed by atoms with Crippen LogP contribution < -0.4 is 10.1 Å². The molecule has 3 aromatic rings. The van der Waals surface area contributed by atoms with Crippen LogP contribution in [0.25, 0.3) is 16.8 Å². The molecule has 0 spiro atoms. The minimum absolute atomic E-state index is 0.0283. The zero-order chi connectivity index (χ0) is 22.1. The lowest BCUT2D eigenvalue weighted by molar-refractivity contribution is -0.132. The highest BCUT2D eigenvalue weighted by Crippen LogP contribution is 2.48. The fourth-order valence-corrected chi connectivity index (χ4v) is 3.53. The number of rotatable bonds is 6. The van der Waals surface area contributed by atoms with Crippen LogP contribution in [0.1, 0.15) is 50.8 Å². The molecule has 2 aromatic carbocycles. The summed E-state index contributed by atoms with van der Waals surface area (Å²) < 4.78 is 7.46. The second-order valence-corrected chi connectivity index (χ2v) is 8.35. The molecule has 1 aliphatic carbocycles. The van der Waals surface area contributed by atoms with Gasteiger partial charge < -0.3 is 10.1 Å². The van der Waals surface area contributed by atoms with Crippen molar-refractivity contribution in [2.24, 2.45) is 5.92 Å². The van der Waals surface area contributed by atoms with E-state index in [0.29, 0.717) is 11.8 Å². The Morgan fingerprint density at radius 3 is 2.35 bits per heavy atom. The van der Waals surface area contributed by atoms with E-state index >= 15 is 0 Å². The molecule has 160 valence electrons. The quantitative estimate of drug-likeness (QED) is 0.556. The van der Waals surface area contributed by atoms with Crippen molar-refractivity contribution in [1.82, 2.24) is 9.78 Å². The topological polar surface area (TPSA) is 73.2 Å². The van der Waals surface area contributed by atoms with E-state index in [4.69, 9.17) is 9.84 Å². The molecule has 0 radical (unpaired) electrons. The summed E-state index contributed by atoms with van der Waals surface area (Å²) in [5.74, 6) is 0.278. The highest BCUT2D eigenvalue weighted by atomic mass is 16.5. The lowest BCUT2D eigenvalue weighted by atomic mass is 10.0. The van der Waals surface area contributed by atoms with Crippen molar-refractivity contribution in [3.8, 4) is 22.7 Å². The minimum atomic E-state index is -0.390. The molecule has 1 aliphatic rings. The molecule has 6 nitrogen and oxygen atoms in total. The molecule has 0 saturated heterocycles. The highest BCUT2D eigenvalue weighted by molar-refractivity contribution is 5.92. The largest absolute Gasteiger partial charge is 0.407 e. The maximum atomic E-state index is 12.0. The standard InChI is InChI=1S/C25H27N3O3/c1-15(2)24(30)26-20-13-11-18(12-14-20)22-23(19-9-10-19)27-28(25(22)31-17(4)29)21-8-6-5-7-16(21)3/h5-8,11-15,19H,9-10H2,1-4H3,(H,26,30). The van der Waals surface area contributed by atoms with Crippen LogP contribution in [-0.4, -0.2) is 21.7 Å². The summed E-state index contributed by atoms with van der Waals surface area (Å²) in [5, 5.41) is 7.81. The van der Waals surface area contributed by atoms with Crippen molar-refractivity contribution in [2.75, 3.05) is 5.32 Å². The summed E-state index contributed by atoms with van der Waals surface area (Å²) in [7, 11) is 0. The number of hydrogen-bond donors (Lipinski definition) is 1. The first kappa shape index (κ1) is 20.8. The molecule has 0 aliphatic heterocycles. The smallest absolute Gasteiger partial charge is 0.309 e. The van der Waals surface area contributed by atoms with Crippen LogP contribution in [0.2, 0.25) is 0 Å². The maximum Gasteiger partial charge on any atom is 0.309 e. The summed E-state index contributed by atoms with van der Waals surface area (Å²) in [5.41, 5.74) is 5.34. The number of hydrogen-bond acceptors (Lipinski definition) is 4. The number of aromatic nitrogens is 2. The molecule has 6 heteroatoms. The normalized spacial score (nSPS) is 13.3. The summed E-state index contributed by atoms with van der Waals surface area (Å²) in [6, 6.07) is 15.5. The predicted octanol–water partition coefficient (Wildman–Crippen LogP) is 5.24. The van der Waals surface area contributed by atoms with E-state index in [-0.39, 0.29) is 17.8 Å². The average molecular weight is 418 g/mol. The van der Waals surface area contributed by atoms with E-state index in [1.165, 1.54) is 6.92 Å². The lowest BCUT2D eigenvalue weighted by Gasteiger charge is -2.12. The number of esters is 1. The van der Waals surface area contributed by atoms with Crippen LogP contribution in [-0.2, 0) is 9.59 Å². The second kappa shape index (κ2) is 8.38. The third kappa shape index (κ3) is 4.38. The maximum absolute atomic E-state index is 12.0. The Morgan fingerprint density at radius 2 is 1.77 bits per heavy atom. The molecule has 1 amide bonds. The third-order valence-corrected chi connectivity index (χ3v) is 5.38. The molecule has 1 heterocycles. The van der Waals surface area contributed by atoms with Gasteiger partial charge in [-0.1, -0.05) is 44.2 Å². The zero-order valence-electron chi connectivity index (χ0n) is 18.3. The van der Waals surface area contributed by atoms with Crippen molar-refractivity contribution >= 4 is 17.6 Å². The van der Waals surface area contributed by atoms with Gasteiger partial charge in [0, 0.05) is 24.4 Å². The summed E-state index contributed by atoms with van der Waals surface area (Å²) in [4.78, 5) is 24.0. The molecule has 0 unspecified atom stereocenters. The van der Waals surface area contributed by atoms with Crippen LogP contribution >= 0.6 is 0 Å². The lowest BCUT2D eigenvalue weighted by Crippen LogP contribution is -2.17. The minimum Gasteiger partial charge on any atom is -0.407 e. The molecule has 0 atom stereocenters. The Bertz CT molecular complexity index is 1130. The fourth-order valence-electron chi connectivity index (χ4n) is 3.53. The van der Waals surface area contributed by atoms with Crippen molar-refractivity contribution < 1.29 is 14.3 Å². The van der Waals surface area contributed by atoms with Gasteiger partial charge in [-0.15, -0.1) is 0 Å². The van der Waals surface area contributed by atoms with Crippen LogP contribution in [0.4, 0.5) is 5.69 Å². The predicted molar refractivity (Wildman–Crippen MR) is 120 cm³/mol. The number of carbonyl (C=O) groups excluding carboxylic acids is 2. The van der Waals surface area contributed by atoms with Gasteiger partial charge in [0.05, 0.1) is 16.9 Å². The van der Waals surface area contributed by atoms with E-state index in [2.05, 4.69) is 5.32 Å². The number of benzene rings is 2. The van der Waals surface area contributed by atoms with Crippen LogP contribution in [0.3, 0.4) is 0 Å². The number of nitrogens with zero attached hydrogens (tertiary/aromatic N) is 2. The summed E-state index contributed by atoms with van der Waals surface area (Å²) in [6.45, 7) is 7.13. The molecular weight excluding hydrogens is 390 g/mol. The van der Waals surface area contributed by atoms with Crippen molar-refractivity contribution in [3.05, 3.63) is 59.8 Å². The molecule has 0 bridgehead atoms. The highest BCUT2D eigenvalue weighted by Gasteiger charge is 2.34. The first-order valence-electron chi connectivity index (χ1n) is 10.6. The van der Waals surface area contributed by atoms with E-state index < -0.39 is 0 Å². The van der Waals surface area contributed by atoms with Gasteiger partial charge in [-0.2, -0.15) is 9.78 Å². The molecule has 1 aromatic heterocycles. The first-order chi connectivity index (χ1) is 14.8. The molecule has 1 N–H and O–H groups in total. The van der Waals surface area contributed by atoms with E-state index in [1.54, 1.807) is 4.68 Å². The van der Waals surface area contributed by atoms with Gasteiger partial charge in [0.25, 0.3) is 0 Å². The van der Waals surface area contributed by atoms with Crippen LogP contribution in [0.5, 0.6) is 5.88 Å². The fraction of sp³-hybridized carbons (Fsp3) is 0.320. The van der Waals surface area contributed by atoms with Crippen molar-refractivity contribution in [2.45, 2.75) is 46.5 Å². The molecule has 1 saturated carbocycles. The SMILES string of the molecule is CC(=O)Oc1c(-c2ccc(NC(=O)C(C)C)cc2)c(C2CC2)nn1-c1ccccc1C. The van der Waals surface area contributed by atoms with E-state index in [1.807, 2.05) is 69.3 Å². The average Bonchev–Trinajstić information content (AvgIpc) is 3.51. The molecule has 1 fully saturated rings. The number of nitrogens with one attached hydrogen (secondary N) is 1. The van der Waals surface area contributed by atoms with Crippen molar-refractivity contribution in [3.63, 3.8) is 0 Å². The Labute approximate surface area is 182 Å². The Morgan fingerprint density at radius 1 is 1.10 bits per heavy atom. The Kier molecular flexibility index (Phi) is 5.63. The second-order valence-electron chi connectivity index (χ2n) is 8.35. The van der Waals surface area contributed by atoms with Gasteiger partial charge in [0.2, 0.25) is 11.8 Å². The Hall–Kier alpha value is -3.41. The van der Waals surface area contributed by atoms with Crippen LogP contribution in [0.15, 0.2) is 48.5 Å². The molecule has 4 rings (SSSR count). The van der Waals surface area contributed by atoms with Crippen molar-refractivity contribution in [1.29, 1.82) is 0 Å².